The highest BCUT2D eigenvalue weighted by Gasteiger charge is 2.30. The van der Waals surface area contributed by atoms with E-state index in [2.05, 4.69) is 0 Å². The fraction of sp³-hybridized carbons (Fsp3) is 0.333. The molecule has 0 spiro atoms. The fourth-order valence-electron chi connectivity index (χ4n) is 5.99. The van der Waals surface area contributed by atoms with Crippen LogP contribution in [0.1, 0.15) is 70.8 Å². The molecule has 4 rings (SSSR count). The van der Waals surface area contributed by atoms with Crippen LogP contribution < -0.4 is 0 Å². The molecule has 4 aromatic rings. The number of ether oxygens (including phenoxy) is 3. The molecule has 0 saturated heterocycles. The Kier molecular flexibility index (Phi) is 13.7. The number of rotatable bonds is 15. The molecule has 0 aliphatic rings. The normalized spacial score (nSPS) is 11.7. The van der Waals surface area contributed by atoms with Gasteiger partial charge in [-0.3, -0.25) is 0 Å². The summed E-state index contributed by atoms with van der Waals surface area (Å²) in [5.74, 6) is -33.6. The van der Waals surface area contributed by atoms with Crippen molar-refractivity contribution in [3.63, 3.8) is 0 Å². The third-order valence-corrected chi connectivity index (χ3v) is 8.63. The van der Waals surface area contributed by atoms with Crippen molar-refractivity contribution < 1.29 is 80.1 Å². The monoisotopic (exact) mass is 792 g/mol. The summed E-state index contributed by atoms with van der Waals surface area (Å²) in [6.45, 7) is -0.567. The van der Waals surface area contributed by atoms with E-state index in [0.717, 1.165) is 0 Å². The second-order valence-electron chi connectivity index (χ2n) is 11.6. The number of hydrogen-bond acceptors (Lipinski definition) is 3. The highest BCUT2D eigenvalue weighted by molar-refractivity contribution is 5.52. The Balaban J connectivity index is 1.79. The van der Waals surface area contributed by atoms with Crippen molar-refractivity contribution in [2.45, 2.75) is 79.7 Å². The van der Waals surface area contributed by atoms with Gasteiger partial charge in [0, 0.05) is 0 Å². The van der Waals surface area contributed by atoms with E-state index in [-0.39, 0.29) is 36.0 Å². The zero-order valence-electron chi connectivity index (χ0n) is 28.3. The molecule has 294 valence electrons. The van der Waals surface area contributed by atoms with Gasteiger partial charge in [-0.05, 0) is 52.6 Å². The maximum absolute atomic E-state index is 14.4. The minimum absolute atomic E-state index is 0.0775. The third-order valence-electron chi connectivity index (χ3n) is 8.63. The predicted octanol–water partition coefficient (Wildman–Crippen LogP) is 10.6. The Labute approximate surface area is 297 Å². The quantitative estimate of drug-likeness (QED) is 0.0682. The van der Waals surface area contributed by atoms with Gasteiger partial charge in [-0.2, -0.15) is 0 Å². The zero-order chi connectivity index (χ0) is 40.3. The maximum atomic E-state index is 14.4. The van der Waals surface area contributed by atoms with Crippen LogP contribution in [0.3, 0.4) is 0 Å². The van der Waals surface area contributed by atoms with Crippen molar-refractivity contribution in [1.82, 2.24) is 0 Å². The van der Waals surface area contributed by atoms with Crippen LogP contribution in [0.5, 0.6) is 0 Å². The third kappa shape index (κ3) is 7.77. The number of halogens is 15. The van der Waals surface area contributed by atoms with Crippen LogP contribution in [-0.2, 0) is 73.1 Å². The van der Waals surface area contributed by atoms with Gasteiger partial charge in [-0.1, -0.05) is 20.8 Å². The molecule has 0 unspecified atom stereocenters. The molecule has 3 nitrogen and oxygen atoms in total. The van der Waals surface area contributed by atoms with E-state index >= 15 is 0 Å². The van der Waals surface area contributed by atoms with Crippen molar-refractivity contribution in [2.24, 2.45) is 0 Å². The van der Waals surface area contributed by atoms with Gasteiger partial charge in [-0.15, -0.1) is 0 Å². The van der Waals surface area contributed by atoms with Crippen LogP contribution in [0, 0.1) is 87.3 Å². The first-order valence-electron chi connectivity index (χ1n) is 15.9. The summed E-state index contributed by atoms with van der Waals surface area (Å²) in [5, 5.41) is 0. The van der Waals surface area contributed by atoms with E-state index < -0.39 is 144 Å². The second-order valence-corrected chi connectivity index (χ2v) is 11.6. The van der Waals surface area contributed by atoms with Crippen LogP contribution in [0.25, 0.3) is 0 Å². The maximum Gasteiger partial charge on any atom is 0.200 e. The average molecular weight is 793 g/mol. The Morgan fingerprint density at radius 2 is 0.370 bits per heavy atom. The lowest BCUT2D eigenvalue weighted by molar-refractivity contribution is 0.0909. The minimum Gasteiger partial charge on any atom is -0.372 e. The molecule has 0 heterocycles. The second kappa shape index (κ2) is 17.5. The first kappa shape index (κ1) is 42.5. The van der Waals surface area contributed by atoms with E-state index in [9.17, 15) is 65.9 Å². The lowest BCUT2D eigenvalue weighted by atomic mass is 9.84. The first-order chi connectivity index (χ1) is 25.5. The molecule has 0 amide bonds. The van der Waals surface area contributed by atoms with Crippen LogP contribution in [0.4, 0.5) is 65.9 Å². The lowest BCUT2D eigenvalue weighted by Crippen LogP contribution is -2.17. The molecular formula is C36H27F15O3. The Morgan fingerprint density at radius 3 is 0.537 bits per heavy atom. The van der Waals surface area contributed by atoms with Crippen molar-refractivity contribution in [2.75, 3.05) is 0 Å². The number of hydrogen-bond donors (Lipinski definition) is 0. The van der Waals surface area contributed by atoms with Crippen molar-refractivity contribution in [3.8, 4) is 0 Å². The topological polar surface area (TPSA) is 27.7 Å². The molecule has 54 heavy (non-hydrogen) atoms. The summed E-state index contributed by atoms with van der Waals surface area (Å²) in [6.07, 6.45) is 0.233. The molecule has 0 aliphatic heterocycles. The zero-order valence-corrected chi connectivity index (χ0v) is 28.3. The molecular weight excluding hydrogens is 765 g/mol. The van der Waals surface area contributed by atoms with Crippen LogP contribution in [0.15, 0.2) is 0 Å². The fourth-order valence-corrected chi connectivity index (χ4v) is 5.99. The van der Waals surface area contributed by atoms with Crippen molar-refractivity contribution >= 4 is 0 Å². The van der Waals surface area contributed by atoms with Crippen LogP contribution in [-0.4, -0.2) is 0 Å². The molecule has 4 aromatic carbocycles. The van der Waals surface area contributed by atoms with Gasteiger partial charge < -0.3 is 14.2 Å². The van der Waals surface area contributed by atoms with Gasteiger partial charge in [0.15, 0.2) is 69.8 Å². The highest BCUT2D eigenvalue weighted by Crippen LogP contribution is 2.34. The summed E-state index contributed by atoms with van der Waals surface area (Å²) in [7, 11) is 0. The Morgan fingerprint density at radius 1 is 0.222 bits per heavy atom. The van der Waals surface area contributed by atoms with Crippen LogP contribution >= 0.6 is 0 Å². The van der Waals surface area contributed by atoms with E-state index in [0.29, 0.717) is 16.7 Å². The van der Waals surface area contributed by atoms with E-state index in [1.165, 1.54) is 0 Å². The van der Waals surface area contributed by atoms with Crippen LogP contribution in [0.2, 0.25) is 0 Å². The molecule has 0 fully saturated rings. The molecule has 18 heteroatoms. The standard InChI is InChI=1S/C36H27F15O3/c1-4-13-16(7-52-10-19-22(37)28(43)34(49)29(44)23(19)38)14(5-2)18(9-54-12-21-26(41)32(47)36(51)33(48)27(21)42)15(6-3)17(13)8-53-11-20-24(39)30(45)35(50)31(46)25(20)40/h4-12H2,1-3H3. The average Bonchev–Trinajstić information content (AvgIpc) is 3.16. The summed E-state index contributed by atoms with van der Waals surface area (Å²) in [4.78, 5) is 0. The smallest absolute Gasteiger partial charge is 0.200 e. The van der Waals surface area contributed by atoms with Gasteiger partial charge >= 0.3 is 0 Å². The van der Waals surface area contributed by atoms with Gasteiger partial charge in [-0.25, -0.2) is 65.9 Å². The lowest BCUT2D eigenvalue weighted by Gasteiger charge is -2.26. The largest absolute Gasteiger partial charge is 0.372 e. The summed E-state index contributed by atoms with van der Waals surface area (Å²) in [6, 6.07) is 0. The molecule has 0 aliphatic carbocycles. The van der Waals surface area contributed by atoms with E-state index in [1.807, 2.05) is 0 Å². The van der Waals surface area contributed by atoms with Gasteiger partial charge in [0.05, 0.1) is 56.3 Å². The SMILES string of the molecule is CCc1c(COCc2c(F)c(F)c(F)c(F)c2F)c(CC)c(COCc2c(F)c(F)c(F)c(F)c2F)c(CC)c1COCc1c(F)c(F)c(F)c(F)c1F. The summed E-state index contributed by atoms with van der Waals surface area (Å²) in [5.41, 5.74) is -2.38. The minimum atomic E-state index is -2.41. The van der Waals surface area contributed by atoms with E-state index in [1.54, 1.807) is 20.8 Å². The molecule has 0 aromatic heterocycles. The van der Waals surface area contributed by atoms with Gasteiger partial charge in [0.1, 0.15) is 0 Å². The molecule has 0 N–H and O–H groups in total. The van der Waals surface area contributed by atoms with Gasteiger partial charge in [0.25, 0.3) is 0 Å². The molecule has 0 radical (unpaired) electrons. The van der Waals surface area contributed by atoms with E-state index in [4.69, 9.17) is 14.2 Å². The molecule has 0 bridgehead atoms. The number of benzene rings is 4. The molecule has 0 saturated carbocycles. The summed E-state index contributed by atoms with van der Waals surface area (Å²) >= 11 is 0. The Bertz CT molecular complexity index is 1740. The highest BCUT2D eigenvalue weighted by atomic mass is 19.2. The summed E-state index contributed by atoms with van der Waals surface area (Å²) < 4.78 is 226. The Hall–Kier alpha value is -4.29. The molecule has 0 atom stereocenters. The van der Waals surface area contributed by atoms with Crippen molar-refractivity contribution in [1.29, 1.82) is 0 Å². The predicted molar refractivity (Wildman–Crippen MR) is 159 cm³/mol. The van der Waals surface area contributed by atoms with Crippen molar-refractivity contribution in [3.05, 3.63) is 137 Å². The van der Waals surface area contributed by atoms with Gasteiger partial charge in [0.2, 0.25) is 17.5 Å². The first-order valence-corrected chi connectivity index (χ1v) is 15.9.